The van der Waals surface area contributed by atoms with E-state index in [9.17, 15) is 9.90 Å². The van der Waals surface area contributed by atoms with Crippen LogP contribution in [0.4, 0.5) is 5.69 Å². The molecule has 4 heteroatoms. The number of fused-ring (bicyclic) bond motifs is 3. The number of hydrogen-bond donors (Lipinski definition) is 1. The number of rotatable bonds is 4. The average Bonchev–Trinajstić information content (AvgIpc) is 2.79. The summed E-state index contributed by atoms with van der Waals surface area (Å²) in [5, 5.41) is 9.28. The van der Waals surface area contributed by atoms with Gasteiger partial charge >= 0.3 is 5.97 Å². The highest BCUT2D eigenvalue weighted by molar-refractivity contribution is 5.88. The summed E-state index contributed by atoms with van der Waals surface area (Å²) < 4.78 is 0. The van der Waals surface area contributed by atoms with Gasteiger partial charge < -0.3 is 10.0 Å². The summed E-state index contributed by atoms with van der Waals surface area (Å²) in [5.74, 6) is -0.846. The van der Waals surface area contributed by atoms with Gasteiger partial charge in [-0.1, -0.05) is 54.6 Å². The molecular formula is C26H26N2O2. The lowest BCUT2D eigenvalue weighted by Crippen LogP contribution is -2.54. The number of carbonyl (C=O) groups is 1. The molecule has 4 nitrogen and oxygen atoms in total. The van der Waals surface area contributed by atoms with Crippen LogP contribution in [0.2, 0.25) is 0 Å². The fourth-order valence-electron chi connectivity index (χ4n) is 4.95. The van der Waals surface area contributed by atoms with Crippen molar-refractivity contribution in [1.82, 2.24) is 4.90 Å². The fourth-order valence-corrected chi connectivity index (χ4v) is 4.95. The lowest BCUT2D eigenvalue weighted by Gasteiger charge is -2.46. The lowest BCUT2D eigenvalue weighted by atomic mass is 9.92. The van der Waals surface area contributed by atoms with E-state index in [1.807, 2.05) is 12.1 Å². The SMILES string of the molecule is O=C(O)c1ccc2c(c1)CC[C@H]1CN(Cc3ccccc3-c3ccccc3)CCN21. The van der Waals surface area contributed by atoms with Crippen molar-refractivity contribution in [3.8, 4) is 11.1 Å². The Labute approximate surface area is 177 Å². The predicted octanol–water partition coefficient (Wildman–Crippen LogP) is 4.69. The number of nitrogens with zero attached hydrogens (tertiary/aromatic N) is 2. The number of anilines is 1. The Hall–Kier alpha value is -3.11. The zero-order valence-electron chi connectivity index (χ0n) is 17.0. The van der Waals surface area contributed by atoms with Crippen LogP contribution in [0.3, 0.4) is 0 Å². The fraction of sp³-hybridized carbons (Fsp3) is 0.269. The van der Waals surface area contributed by atoms with Crippen LogP contribution < -0.4 is 4.90 Å². The first kappa shape index (κ1) is 18.9. The third-order valence-electron chi connectivity index (χ3n) is 6.45. The molecule has 3 aromatic rings. The molecule has 30 heavy (non-hydrogen) atoms. The maximum Gasteiger partial charge on any atom is 0.335 e. The molecule has 2 heterocycles. The summed E-state index contributed by atoms with van der Waals surface area (Å²) in [6, 6.07) is 25.4. The van der Waals surface area contributed by atoms with Gasteiger partial charge in [0.2, 0.25) is 0 Å². The van der Waals surface area contributed by atoms with Crippen molar-refractivity contribution >= 4 is 11.7 Å². The zero-order valence-corrected chi connectivity index (χ0v) is 17.0. The van der Waals surface area contributed by atoms with E-state index < -0.39 is 5.97 Å². The van der Waals surface area contributed by atoms with Gasteiger partial charge in [-0.3, -0.25) is 4.90 Å². The molecule has 1 saturated heterocycles. The van der Waals surface area contributed by atoms with Crippen LogP contribution in [-0.4, -0.2) is 41.7 Å². The molecule has 0 aliphatic carbocycles. The van der Waals surface area contributed by atoms with Crippen molar-refractivity contribution in [2.45, 2.75) is 25.4 Å². The van der Waals surface area contributed by atoms with Gasteiger partial charge in [-0.2, -0.15) is 0 Å². The van der Waals surface area contributed by atoms with E-state index in [1.54, 1.807) is 6.07 Å². The van der Waals surface area contributed by atoms with Gasteiger partial charge in [-0.15, -0.1) is 0 Å². The highest BCUT2D eigenvalue weighted by Crippen LogP contribution is 2.34. The molecule has 1 N–H and O–H groups in total. The van der Waals surface area contributed by atoms with Gasteiger partial charge in [0, 0.05) is 37.9 Å². The molecule has 0 amide bonds. The van der Waals surface area contributed by atoms with E-state index in [1.165, 1.54) is 27.9 Å². The summed E-state index contributed by atoms with van der Waals surface area (Å²) in [4.78, 5) is 16.4. The second-order valence-electron chi connectivity index (χ2n) is 8.29. The Morgan fingerprint density at radius 3 is 2.60 bits per heavy atom. The van der Waals surface area contributed by atoms with Crippen molar-refractivity contribution < 1.29 is 9.90 Å². The van der Waals surface area contributed by atoms with Crippen LogP contribution in [0.25, 0.3) is 11.1 Å². The zero-order chi connectivity index (χ0) is 20.5. The standard InChI is InChI=1S/C26H26N2O2/c29-26(30)21-11-13-25-20(16-21)10-12-23-18-27(14-15-28(23)25)17-22-8-4-5-9-24(22)19-6-2-1-3-7-19/h1-9,11,13,16,23H,10,12,14-15,17-18H2,(H,29,30)/t23-/m0/s1. The third-order valence-corrected chi connectivity index (χ3v) is 6.45. The van der Waals surface area contributed by atoms with Gasteiger partial charge in [0.15, 0.2) is 0 Å². The minimum absolute atomic E-state index is 0.392. The average molecular weight is 399 g/mol. The molecule has 0 aromatic heterocycles. The number of carboxylic acids is 1. The second kappa shape index (κ2) is 7.96. The summed E-state index contributed by atoms with van der Waals surface area (Å²) in [6.45, 7) is 4.00. The van der Waals surface area contributed by atoms with E-state index >= 15 is 0 Å². The van der Waals surface area contributed by atoms with Gasteiger partial charge in [-0.25, -0.2) is 4.79 Å². The van der Waals surface area contributed by atoms with E-state index in [-0.39, 0.29) is 0 Å². The summed E-state index contributed by atoms with van der Waals surface area (Å²) in [7, 11) is 0. The molecule has 2 aliphatic heterocycles. The maximum absolute atomic E-state index is 11.3. The Bertz CT molecular complexity index is 1060. The van der Waals surface area contributed by atoms with Crippen LogP contribution in [0.15, 0.2) is 72.8 Å². The predicted molar refractivity (Wildman–Crippen MR) is 120 cm³/mol. The summed E-state index contributed by atoms with van der Waals surface area (Å²) in [5.41, 5.74) is 6.75. The second-order valence-corrected chi connectivity index (χ2v) is 8.29. The van der Waals surface area contributed by atoms with Gasteiger partial charge in [0.05, 0.1) is 5.56 Å². The topological polar surface area (TPSA) is 43.8 Å². The van der Waals surface area contributed by atoms with Gasteiger partial charge in [0.25, 0.3) is 0 Å². The molecule has 1 atom stereocenters. The van der Waals surface area contributed by atoms with Crippen LogP contribution >= 0.6 is 0 Å². The summed E-state index contributed by atoms with van der Waals surface area (Å²) >= 11 is 0. The quantitative estimate of drug-likeness (QED) is 0.693. The molecule has 3 aromatic carbocycles. The molecule has 5 rings (SSSR count). The number of aryl methyl sites for hydroxylation is 1. The minimum Gasteiger partial charge on any atom is -0.478 e. The molecule has 0 saturated carbocycles. The normalized spacial score (nSPS) is 18.5. The molecular weight excluding hydrogens is 372 g/mol. The molecule has 2 aliphatic rings. The molecule has 0 unspecified atom stereocenters. The highest BCUT2D eigenvalue weighted by Gasteiger charge is 2.32. The van der Waals surface area contributed by atoms with Crippen molar-refractivity contribution in [3.63, 3.8) is 0 Å². The number of aromatic carboxylic acids is 1. The molecule has 0 spiro atoms. The van der Waals surface area contributed by atoms with Crippen molar-refractivity contribution in [2.24, 2.45) is 0 Å². The van der Waals surface area contributed by atoms with Crippen LogP contribution in [0.5, 0.6) is 0 Å². The van der Waals surface area contributed by atoms with Gasteiger partial charge in [0.1, 0.15) is 0 Å². The maximum atomic E-state index is 11.3. The first-order valence-corrected chi connectivity index (χ1v) is 10.7. The number of benzene rings is 3. The molecule has 1 fully saturated rings. The molecule has 152 valence electrons. The van der Waals surface area contributed by atoms with Gasteiger partial charge in [-0.05, 0) is 53.3 Å². The number of piperazine rings is 1. The largest absolute Gasteiger partial charge is 0.478 e. The number of hydrogen-bond acceptors (Lipinski definition) is 3. The van der Waals surface area contributed by atoms with E-state index in [2.05, 4.69) is 64.4 Å². The van der Waals surface area contributed by atoms with Crippen LogP contribution in [0.1, 0.15) is 27.9 Å². The molecule has 0 radical (unpaired) electrons. The molecule has 0 bridgehead atoms. The Balaban J connectivity index is 1.33. The van der Waals surface area contributed by atoms with Crippen molar-refractivity contribution in [1.29, 1.82) is 0 Å². The third kappa shape index (κ3) is 3.59. The van der Waals surface area contributed by atoms with Crippen LogP contribution in [-0.2, 0) is 13.0 Å². The van der Waals surface area contributed by atoms with Crippen molar-refractivity contribution in [3.05, 3.63) is 89.5 Å². The van der Waals surface area contributed by atoms with Crippen LogP contribution in [0, 0.1) is 0 Å². The monoisotopic (exact) mass is 398 g/mol. The van der Waals surface area contributed by atoms with E-state index in [4.69, 9.17) is 0 Å². The van der Waals surface area contributed by atoms with Crippen molar-refractivity contribution in [2.75, 3.05) is 24.5 Å². The first-order valence-electron chi connectivity index (χ1n) is 10.7. The first-order chi connectivity index (χ1) is 14.7. The summed E-state index contributed by atoms with van der Waals surface area (Å²) in [6.07, 6.45) is 2.03. The lowest BCUT2D eigenvalue weighted by molar-refractivity contribution is 0.0696. The van der Waals surface area contributed by atoms with E-state index in [0.29, 0.717) is 11.6 Å². The smallest absolute Gasteiger partial charge is 0.335 e. The number of carboxylic acid groups (broad SMARTS) is 1. The Kier molecular flexibility index (Phi) is 5.01. The highest BCUT2D eigenvalue weighted by atomic mass is 16.4. The minimum atomic E-state index is -0.846. The van der Waals surface area contributed by atoms with E-state index in [0.717, 1.165) is 39.0 Å². The Morgan fingerprint density at radius 1 is 0.967 bits per heavy atom. The Morgan fingerprint density at radius 2 is 1.77 bits per heavy atom.